The molecule has 1 amide bonds. The van der Waals surface area contributed by atoms with E-state index >= 15 is 0 Å². The summed E-state index contributed by atoms with van der Waals surface area (Å²) in [7, 11) is 0. The van der Waals surface area contributed by atoms with Gasteiger partial charge in [0, 0.05) is 17.8 Å². The minimum atomic E-state index is -0.258. The summed E-state index contributed by atoms with van der Waals surface area (Å²) in [5, 5.41) is 0.933. The molecular weight excluding hydrogens is 287 g/mol. The van der Waals surface area contributed by atoms with Gasteiger partial charge in [-0.2, -0.15) is 0 Å². The van der Waals surface area contributed by atoms with Crippen LogP contribution in [0.15, 0.2) is 24.3 Å². The summed E-state index contributed by atoms with van der Waals surface area (Å²) in [6.07, 6.45) is 3.11. The molecule has 1 aliphatic heterocycles. The Kier molecular flexibility index (Phi) is 4.22. The van der Waals surface area contributed by atoms with Crippen LogP contribution in [0.4, 0.5) is 4.39 Å². The number of nitrogens with two attached hydrogens (primary N) is 1. The van der Waals surface area contributed by atoms with Gasteiger partial charge in [0.25, 0.3) is 5.91 Å². The van der Waals surface area contributed by atoms with Gasteiger partial charge in [-0.15, -0.1) is 11.3 Å². The third kappa shape index (κ3) is 3.09. The van der Waals surface area contributed by atoms with Crippen molar-refractivity contribution in [3.63, 3.8) is 0 Å². The van der Waals surface area contributed by atoms with Crippen LogP contribution >= 0.6 is 11.3 Å². The number of rotatable bonds is 3. The molecule has 2 N–H and O–H groups in total. The third-order valence-electron chi connectivity index (χ3n) is 4.17. The fourth-order valence-corrected chi connectivity index (χ4v) is 3.98. The number of piperidine rings is 1. The average Bonchev–Trinajstić information content (AvgIpc) is 2.90. The summed E-state index contributed by atoms with van der Waals surface area (Å²) < 4.78 is 14.0. The number of thiophene rings is 1. The first-order valence-electron chi connectivity index (χ1n) is 7.36. The van der Waals surface area contributed by atoms with Crippen LogP contribution in [0.5, 0.6) is 0 Å². The molecule has 1 saturated heterocycles. The molecule has 0 aliphatic carbocycles. The molecule has 21 heavy (non-hydrogen) atoms. The predicted molar refractivity (Wildman–Crippen MR) is 84.1 cm³/mol. The van der Waals surface area contributed by atoms with Crippen LogP contribution < -0.4 is 5.73 Å². The van der Waals surface area contributed by atoms with Crippen molar-refractivity contribution in [3.8, 4) is 0 Å². The van der Waals surface area contributed by atoms with Crippen LogP contribution in [0.1, 0.15) is 28.9 Å². The second-order valence-electron chi connectivity index (χ2n) is 5.61. The van der Waals surface area contributed by atoms with Crippen molar-refractivity contribution >= 4 is 27.3 Å². The molecule has 2 heterocycles. The molecule has 0 unspecified atom stereocenters. The van der Waals surface area contributed by atoms with Gasteiger partial charge in [0.15, 0.2) is 0 Å². The first-order valence-corrected chi connectivity index (χ1v) is 8.17. The Morgan fingerprint density at radius 1 is 1.33 bits per heavy atom. The van der Waals surface area contributed by atoms with Gasteiger partial charge in [-0.1, -0.05) is 6.07 Å². The smallest absolute Gasteiger partial charge is 0.263 e. The molecular formula is C16H19FN2OS. The van der Waals surface area contributed by atoms with Crippen molar-refractivity contribution in [2.24, 2.45) is 11.7 Å². The first-order chi connectivity index (χ1) is 10.2. The van der Waals surface area contributed by atoms with E-state index in [9.17, 15) is 9.18 Å². The Bertz CT molecular complexity index is 647. The lowest BCUT2D eigenvalue weighted by Gasteiger charge is -2.31. The zero-order chi connectivity index (χ0) is 14.8. The highest BCUT2D eigenvalue weighted by molar-refractivity contribution is 7.20. The van der Waals surface area contributed by atoms with E-state index in [-0.39, 0.29) is 11.7 Å². The molecule has 3 nitrogen and oxygen atoms in total. The van der Waals surface area contributed by atoms with Crippen molar-refractivity contribution in [2.45, 2.75) is 19.3 Å². The predicted octanol–water partition coefficient (Wildman–Crippen LogP) is 3.24. The number of likely N-dealkylation sites (tertiary alicyclic amines) is 1. The second-order valence-corrected chi connectivity index (χ2v) is 6.69. The van der Waals surface area contributed by atoms with Crippen molar-refractivity contribution in [1.29, 1.82) is 0 Å². The quantitative estimate of drug-likeness (QED) is 0.946. The maximum Gasteiger partial charge on any atom is 0.263 e. The largest absolute Gasteiger partial charge is 0.338 e. The molecule has 0 atom stereocenters. The monoisotopic (exact) mass is 306 g/mol. The van der Waals surface area contributed by atoms with Crippen LogP contribution in [0.25, 0.3) is 10.1 Å². The van der Waals surface area contributed by atoms with Gasteiger partial charge in [0.1, 0.15) is 5.82 Å². The number of carbonyl (C=O) groups is 1. The number of nitrogens with zero attached hydrogens (tertiary/aromatic N) is 1. The highest BCUT2D eigenvalue weighted by Gasteiger charge is 2.24. The van der Waals surface area contributed by atoms with E-state index in [1.54, 1.807) is 6.07 Å². The van der Waals surface area contributed by atoms with Crippen molar-refractivity contribution < 1.29 is 9.18 Å². The molecule has 2 aromatic rings. The number of amides is 1. The van der Waals surface area contributed by atoms with Gasteiger partial charge in [0.2, 0.25) is 0 Å². The Labute approximate surface area is 127 Å². The standard InChI is InChI=1S/C16H19FN2OS/c17-13-2-1-12-9-15(21-14(12)10-13)16(20)19-7-4-11(3-6-18)5-8-19/h1-2,9-11H,3-8,18H2. The first kappa shape index (κ1) is 14.5. The van der Waals surface area contributed by atoms with Gasteiger partial charge in [-0.25, -0.2) is 4.39 Å². The normalized spacial score (nSPS) is 16.6. The van der Waals surface area contributed by atoms with Crippen LogP contribution in [-0.2, 0) is 0 Å². The molecule has 0 radical (unpaired) electrons. The number of benzene rings is 1. The molecule has 1 aliphatic rings. The lowest BCUT2D eigenvalue weighted by molar-refractivity contribution is 0.0693. The van der Waals surface area contributed by atoms with Crippen LogP contribution in [0.2, 0.25) is 0 Å². The zero-order valence-corrected chi connectivity index (χ0v) is 12.7. The summed E-state index contributed by atoms with van der Waals surface area (Å²) in [4.78, 5) is 15.1. The number of fused-ring (bicyclic) bond motifs is 1. The van der Waals surface area contributed by atoms with E-state index in [1.165, 1.54) is 23.5 Å². The minimum Gasteiger partial charge on any atom is -0.338 e. The molecule has 1 aromatic heterocycles. The van der Waals surface area contributed by atoms with E-state index < -0.39 is 0 Å². The summed E-state index contributed by atoms with van der Waals surface area (Å²) in [6, 6.07) is 6.52. The van der Waals surface area contributed by atoms with Crippen LogP contribution in [0, 0.1) is 11.7 Å². The van der Waals surface area contributed by atoms with Crippen molar-refractivity contribution in [1.82, 2.24) is 4.90 Å². The van der Waals surface area contributed by atoms with Crippen LogP contribution in [-0.4, -0.2) is 30.4 Å². The van der Waals surface area contributed by atoms with E-state index in [0.717, 1.165) is 49.0 Å². The highest BCUT2D eigenvalue weighted by Crippen LogP contribution is 2.29. The third-order valence-corrected chi connectivity index (χ3v) is 5.26. The summed E-state index contributed by atoms with van der Waals surface area (Å²) in [5.41, 5.74) is 5.59. The maximum atomic E-state index is 13.2. The highest BCUT2D eigenvalue weighted by atomic mass is 32.1. The van der Waals surface area contributed by atoms with E-state index in [2.05, 4.69) is 0 Å². The van der Waals surface area contributed by atoms with E-state index in [4.69, 9.17) is 5.73 Å². The Morgan fingerprint density at radius 2 is 2.10 bits per heavy atom. The average molecular weight is 306 g/mol. The van der Waals surface area contributed by atoms with Crippen molar-refractivity contribution in [3.05, 3.63) is 35.0 Å². The second kappa shape index (κ2) is 6.12. The molecule has 0 spiro atoms. The van der Waals surface area contributed by atoms with Gasteiger partial charge in [-0.05, 0) is 55.3 Å². The van der Waals surface area contributed by atoms with Gasteiger partial charge in [-0.3, -0.25) is 4.79 Å². The molecule has 0 bridgehead atoms. The molecule has 3 rings (SSSR count). The molecule has 112 valence electrons. The summed E-state index contributed by atoms with van der Waals surface area (Å²) >= 11 is 1.37. The zero-order valence-electron chi connectivity index (χ0n) is 11.8. The summed E-state index contributed by atoms with van der Waals surface area (Å²) in [5.74, 6) is 0.462. The molecule has 1 fully saturated rings. The number of halogens is 1. The molecule has 1 aromatic carbocycles. The van der Waals surface area contributed by atoms with E-state index in [0.29, 0.717) is 10.8 Å². The Morgan fingerprint density at radius 3 is 2.81 bits per heavy atom. The van der Waals surface area contributed by atoms with Gasteiger partial charge >= 0.3 is 0 Å². The SMILES string of the molecule is NCCC1CCN(C(=O)c2cc3ccc(F)cc3s2)CC1. The minimum absolute atomic E-state index is 0.0720. The maximum absolute atomic E-state index is 13.2. The van der Waals surface area contributed by atoms with Gasteiger partial charge in [0.05, 0.1) is 4.88 Å². The fourth-order valence-electron chi connectivity index (χ4n) is 2.93. The lowest BCUT2D eigenvalue weighted by atomic mass is 9.93. The molecule has 5 heteroatoms. The Hall–Kier alpha value is -1.46. The Balaban J connectivity index is 1.72. The van der Waals surface area contributed by atoms with Crippen LogP contribution in [0.3, 0.4) is 0 Å². The summed E-state index contributed by atoms with van der Waals surface area (Å²) in [6.45, 7) is 2.32. The van der Waals surface area contributed by atoms with E-state index in [1.807, 2.05) is 11.0 Å². The fraction of sp³-hybridized carbons (Fsp3) is 0.438. The number of carbonyl (C=O) groups excluding carboxylic acids is 1. The topological polar surface area (TPSA) is 46.3 Å². The van der Waals surface area contributed by atoms with Gasteiger partial charge < -0.3 is 10.6 Å². The number of hydrogen-bond donors (Lipinski definition) is 1. The lowest BCUT2D eigenvalue weighted by Crippen LogP contribution is -2.38. The number of hydrogen-bond acceptors (Lipinski definition) is 3. The molecule has 0 saturated carbocycles. The van der Waals surface area contributed by atoms with Crippen molar-refractivity contribution in [2.75, 3.05) is 19.6 Å².